The molecule has 2 unspecified atom stereocenters. The van der Waals surface area contributed by atoms with Gasteiger partial charge >= 0.3 is 0 Å². The van der Waals surface area contributed by atoms with E-state index in [1.807, 2.05) is 0 Å². The monoisotopic (exact) mass is 231 g/mol. The largest absolute Gasteiger partial charge is 0.398 e. The normalized spacial score (nSPS) is 14.9. The van der Waals surface area contributed by atoms with E-state index < -0.39 is 12.2 Å². The van der Waals surface area contributed by atoms with E-state index in [1.165, 1.54) is 12.3 Å². The lowest BCUT2D eigenvalue weighted by atomic mass is 10.1. The zero-order valence-electron chi connectivity index (χ0n) is 8.31. The molecule has 0 bridgehead atoms. The van der Waals surface area contributed by atoms with Gasteiger partial charge in [0.15, 0.2) is 0 Å². The van der Waals surface area contributed by atoms with E-state index in [2.05, 4.69) is 10.3 Å². The summed E-state index contributed by atoms with van der Waals surface area (Å²) in [6.07, 6.45) is -0.635. The van der Waals surface area contributed by atoms with E-state index >= 15 is 0 Å². The number of aliphatic hydroxyl groups excluding tert-OH is 2. The Morgan fingerprint density at radius 1 is 1.60 bits per heavy atom. The summed E-state index contributed by atoms with van der Waals surface area (Å²) >= 11 is 5.61. The number of aliphatic hydroxyl groups is 2. The van der Waals surface area contributed by atoms with Gasteiger partial charge in [0.2, 0.25) is 0 Å². The number of rotatable bonds is 4. The number of nitrogens with one attached hydrogen (secondary N) is 1. The van der Waals surface area contributed by atoms with E-state index in [1.54, 1.807) is 7.05 Å². The molecule has 0 aliphatic heterocycles. The molecule has 6 heteroatoms. The summed E-state index contributed by atoms with van der Waals surface area (Å²) < 4.78 is 0. The molecular formula is C9H14ClN3O2. The van der Waals surface area contributed by atoms with Crippen molar-refractivity contribution >= 4 is 17.3 Å². The zero-order valence-corrected chi connectivity index (χ0v) is 9.07. The van der Waals surface area contributed by atoms with Crippen LogP contribution in [0.2, 0.25) is 5.15 Å². The van der Waals surface area contributed by atoms with Crippen molar-refractivity contribution in [3.8, 4) is 0 Å². The summed E-state index contributed by atoms with van der Waals surface area (Å²) in [4.78, 5) is 3.80. The molecule has 2 atom stereocenters. The Bertz CT molecular complexity index is 335. The number of nitrogens with two attached hydrogens (primary N) is 1. The smallest absolute Gasteiger partial charge is 0.131 e. The first-order valence-corrected chi connectivity index (χ1v) is 4.85. The summed E-state index contributed by atoms with van der Waals surface area (Å²) in [7, 11) is 1.68. The van der Waals surface area contributed by atoms with Gasteiger partial charge in [-0.25, -0.2) is 4.98 Å². The number of pyridine rings is 1. The SMILES string of the molecule is CNCC(O)C(O)c1cnc(Cl)cc1N. The Balaban J connectivity index is 2.86. The zero-order chi connectivity index (χ0) is 11.4. The standard InChI is InChI=1S/C9H14ClN3O2/c1-12-4-7(14)9(15)5-3-13-8(10)2-6(5)11/h2-3,7,9,12,14-15H,4H2,1H3,(H2,11,13). The minimum Gasteiger partial charge on any atom is -0.398 e. The lowest BCUT2D eigenvalue weighted by Crippen LogP contribution is -2.30. The minimum atomic E-state index is -1.07. The van der Waals surface area contributed by atoms with Gasteiger partial charge in [0.25, 0.3) is 0 Å². The van der Waals surface area contributed by atoms with Crippen LogP contribution in [0.4, 0.5) is 5.69 Å². The average molecular weight is 232 g/mol. The highest BCUT2D eigenvalue weighted by Gasteiger charge is 2.20. The van der Waals surface area contributed by atoms with Crippen LogP contribution in [0.5, 0.6) is 0 Å². The van der Waals surface area contributed by atoms with Gasteiger partial charge in [-0.15, -0.1) is 0 Å². The van der Waals surface area contributed by atoms with Crippen LogP contribution < -0.4 is 11.1 Å². The van der Waals surface area contributed by atoms with Crippen LogP contribution in [0.25, 0.3) is 0 Å². The van der Waals surface area contributed by atoms with Crippen molar-refractivity contribution in [3.63, 3.8) is 0 Å². The van der Waals surface area contributed by atoms with Crippen molar-refractivity contribution in [2.45, 2.75) is 12.2 Å². The Morgan fingerprint density at radius 2 is 2.27 bits per heavy atom. The second kappa shape index (κ2) is 5.27. The molecule has 1 aromatic heterocycles. The molecule has 0 aliphatic carbocycles. The Labute approximate surface area is 92.9 Å². The van der Waals surface area contributed by atoms with Crippen molar-refractivity contribution in [3.05, 3.63) is 23.0 Å². The number of nitrogen functional groups attached to an aromatic ring is 1. The highest BCUT2D eigenvalue weighted by atomic mass is 35.5. The van der Waals surface area contributed by atoms with E-state index in [0.717, 1.165) is 0 Å². The number of anilines is 1. The molecule has 0 aliphatic rings. The summed E-state index contributed by atoms with van der Waals surface area (Å²) in [5, 5.41) is 22.3. The molecule has 1 aromatic rings. The first-order chi connectivity index (χ1) is 7.06. The van der Waals surface area contributed by atoms with Crippen molar-refractivity contribution in [2.24, 2.45) is 0 Å². The van der Waals surface area contributed by atoms with E-state index in [9.17, 15) is 10.2 Å². The number of nitrogens with zero attached hydrogens (tertiary/aromatic N) is 1. The maximum atomic E-state index is 9.74. The Morgan fingerprint density at radius 3 is 2.80 bits per heavy atom. The van der Waals surface area contributed by atoms with Gasteiger partial charge in [0.1, 0.15) is 11.3 Å². The van der Waals surface area contributed by atoms with E-state index in [-0.39, 0.29) is 11.7 Å². The van der Waals surface area contributed by atoms with Gasteiger partial charge in [-0.2, -0.15) is 0 Å². The quantitative estimate of drug-likeness (QED) is 0.545. The van der Waals surface area contributed by atoms with Gasteiger partial charge in [-0.05, 0) is 13.1 Å². The first kappa shape index (κ1) is 12.2. The summed E-state index contributed by atoms with van der Waals surface area (Å²) in [6.45, 7) is 0.267. The number of likely N-dealkylation sites (N-methyl/N-ethyl adjacent to an activating group) is 1. The molecule has 5 N–H and O–H groups in total. The average Bonchev–Trinajstić information content (AvgIpc) is 2.17. The molecule has 0 saturated heterocycles. The first-order valence-electron chi connectivity index (χ1n) is 4.48. The molecule has 0 spiro atoms. The predicted molar refractivity (Wildman–Crippen MR) is 58.6 cm³/mol. The van der Waals surface area contributed by atoms with E-state index in [4.69, 9.17) is 17.3 Å². The third-order valence-electron chi connectivity index (χ3n) is 2.03. The van der Waals surface area contributed by atoms with Crippen LogP contribution in [-0.4, -0.2) is 34.9 Å². The predicted octanol–water partition coefficient (Wildman–Crippen LogP) is -0.0691. The highest BCUT2D eigenvalue weighted by molar-refractivity contribution is 6.29. The molecule has 0 aromatic carbocycles. The third-order valence-corrected chi connectivity index (χ3v) is 2.24. The molecule has 0 saturated carbocycles. The van der Waals surface area contributed by atoms with Crippen LogP contribution in [0, 0.1) is 0 Å². The van der Waals surface area contributed by atoms with Gasteiger partial charge < -0.3 is 21.3 Å². The molecule has 0 radical (unpaired) electrons. The minimum absolute atomic E-state index is 0.256. The molecular weight excluding hydrogens is 218 g/mol. The number of halogens is 1. The highest BCUT2D eigenvalue weighted by Crippen LogP contribution is 2.24. The van der Waals surface area contributed by atoms with Gasteiger partial charge in [0.05, 0.1) is 6.10 Å². The van der Waals surface area contributed by atoms with Crippen molar-refractivity contribution in [1.29, 1.82) is 0 Å². The van der Waals surface area contributed by atoms with Crippen molar-refractivity contribution < 1.29 is 10.2 Å². The fourth-order valence-corrected chi connectivity index (χ4v) is 1.40. The molecule has 1 rings (SSSR count). The Kier molecular flexibility index (Phi) is 4.28. The topological polar surface area (TPSA) is 91.4 Å². The van der Waals surface area contributed by atoms with E-state index in [0.29, 0.717) is 11.3 Å². The van der Waals surface area contributed by atoms with Crippen LogP contribution in [-0.2, 0) is 0 Å². The summed E-state index contributed by atoms with van der Waals surface area (Å²) in [6, 6.07) is 1.44. The van der Waals surface area contributed by atoms with Gasteiger partial charge in [0, 0.05) is 24.0 Å². The molecule has 15 heavy (non-hydrogen) atoms. The summed E-state index contributed by atoms with van der Waals surface area (Å²) in [5.74, 6) is 0. The summed E-state index contributed by atoms with van der Waals surface area (Å²) in [5.41, 5.74) is 6.33. The molecule has 0 amide bonds. The molecule has 5 nitrogen and oxygen atoms in total. The maximum Gasteiger partial charge on any atom is 0.131 e. The third kappa shape index (κ3) is 3.04. The van der Waals surface area contributed by atoms with Crippen LogP contribution >= 0.6 is 11.6 Å². The Hall–Kier alpha value is -0.880. The van der Waals surface area contributed by atoms with Gasteiger partial charge in [-0.3, -0.25) is 0 Å². The maximum absolute atomic E-state index is 9.74. The van der Waals surface area contributed by atoms with Crippen molar-refractivity contribution in [2.75, 3.05) is 19.3 Å². The van der Waals surface area contributed by atoms with Gasteiger partial charge in [-0.1, -0.05) is 11.6 Å². The van der Waals surface area contributed by atoms with Crippen molar-refractivity contribution in [1.82, 2.24) is 10.3 Å². The number of aromatic nitrogens is 1. The number of hydrogen-bond donors (Lipinski definition) is 4. The van der Waals surface area contributed by atoms with Crippen LogP contribution in [0.15, 0.2) is 12.3 Å². The lowest BCUT2D eigenvalue weighted by molar-refractivity contribution is 0.0205. The molecule has 84 valence electrons. The number of hydrogen-bond acceptors (Lipinski definition) is 5. The fraction of sp³-hybridized carbons (Fsp3) is 0.444. The van der Waals surface area contributed by atoms with Crippen LogP contribution in [0.3, 0.4) is 0 Å². The van der Waals surface area contributed by atoms with Crippen LogP contribution in [0.1, 0.15) is 11.7 Å². The lowest BCUT2D eigenvalue weighted by Gasteiger charge is -2.18. The second-order valence-corrected chi connectivity index (χ2v) is 3.59. The molecule has 1 heterocycles. The molecule has 0 fully saturated rings. The second-order valence-electron chi connectivity index (χ2n) is 3.21. The fourth-order valence-electron chi connectivity index (χ4n) is 1.23.